The van der Waals surface area contributed by atoms with Crippen LogP contribution in [0.15, 0.2) is 42.5 Å². The minimum Gasteiger partial charge on any atom is -0.489 e. The van der Waals surface area contributed by atoms with Gasteiger partial charge in [-0.15, -0.1) is 0 Å². The zero-order valence-electron chi connectivity index (χ0n) is 11.3. The van der Waals surface area contributed by atoms with Crippen molar-refractivity contribution in [2.45, 2.75) is 20.1 Å². The lowest BCUT2D eigenvalue weighted by molar-refractivity contribution is 0.298. The molecule has 0 bridgehead atoms. The number of hydrogen-bond acceptors (Lipinski definition) is 2. The van der Waals surface area contributed by atoms with E-state index in [-0.39, 0.29) is 18.2 Å². The number of rotatable bonds is 6. The van der Waals surface area contributed by atoms with Gasteiger partial charge in [-0.3, -0.25) is 0 Å². The Bertz CT molecular complexity index is 572. The predicted molar refractivity (Wildman–Crippen MR) is 74.5 cm³/mol. The molecule has 2 aromatic carbocycles. The van der Waals surface area contributed by atoms with Gasteiger partial charge in [0.1, 0.15) is 24.0 Å². The van der Waals surface area contributed by atoms with E-state index < -0.39 is 0 Å². The highest BCUT2D eigenvalue weighted by molar-refractivity contribution is 5.27. The van der Waals surface area contributed by atoms with E-state index in [9.17, 15) is 8.78 Å². The van der Waals surface area contributed by atoms with Crippen LogP contribution in [0.5, 0.6) is 5.75 Å². The van der Waals surface area contributed by atoms with E-state index >= 15 is 0 Å². The van der Waals surface area contributed by atoms with Gasteiger partial charge in [0.15, 0.2) is 0 Å². The highest BCUT2D eigenvalue weighted by Crippen LogP contribution is 2.16. The first kappa shape index (κ1) is 14.5. The maximum Gasteiger partial charge on any atom is 0.129 e. The average Bonchev–Trinajstić information content (AvgIpc) is 2.45. The summed E-state index contributed by atoms with van der Waals surface area (Å²) in [5, 5.41) is 3.18. The van der Waals surface area contributed by atoms with Gasteiger partial charge in [0.05, 0.1) is 0 Å². The third kappa shape index (κ3) is 4.03. The molecule has 2 aromatic rings. The fourth-order valence-corrected chi connectivity index (χ4v) is 1.84. The summed E-state index contributed by atoms with van der Waals surface area (Å²) in [7, 11) is 0. The fraction of sp³-hybridized carbons (Fsp3) is 0.250. The summed E-state index contributed by atoms with van der Waals surface area (Å²) in [6, 6.07) is 10.7. The first-order valence-electron chi connectivity index (χ1n) is 6.55. The van der Waals surface area contributed by atoms with Gasteiger partial charge in [0, 0.05) is 18.2 Å². The van der Waals surface area contributed by atoms with Crippen LogP contribution in [0.2, 0.25) is 0 Å². The molecular formula is C16H17F2NO. The van der Waals surface area contributed by atoms with Gasteiger partial charge in [-0.05, 0) is 36.4 Å². The standard InChI is InChI=1S/C16H17F2NO/c1-2-19-10-12-6-7-16(18)13(8-12)11-20-15-5-3-4-14(17)9-15/h3-9,19H,2,10-11H2,1H3. The molecule has 106 valence electrons. The summed E-state index contributed by atoms with van der Waals surface area (Å²) in [6.45, 7) is 3.63. The first-order chi connectivity index (χ1) is 9.69. The van der Waals surface area contributed by atoms with Crippen molar-refractivity contribution in [3.05, 3.63) is 65.2 Å². The molecule has 0 radical (unpaired) electrons. The van der Waals surface area contributed by atoms with Gasteiger partial charge in [0.2, 0.25) is 0 Å². The van der Waals surface area contributed by atoms with Gasteiger partial charge in [0.25, 0.3) is 0 Å². The third-order valence-electron chi connectivity index (χ3n) is 2.88. The molecule has 20 heavy (non-hydrogen) atoms. The summed E-state index contributed by atoms with van der Waals surface area (Å²) in [4.78, 5) is 0. The lowest BCUT2D eigenvalue weighted by atomic mass is 10.1. The zero-order valence-corrected chi connectivity index (χ0v) is 11.3. The molecule has 2 nitrogen and oxygen atoms in total. The maximum atomic E-state index is 13.7. The fourth-order valence-electron chi connectivity index (χ4n) is 1.84. The van der Waals surface area contributed by atoms with Crippen LogP contribution < -0.4 is 10.1 Å². The van der Waals surface area contributed by atoms with Crippen LogP contribution in [0.1, 0.15) is 18.1 Å². The number of nitrogens with one attached hydrogen (secondary N) is 1. The Morgan fingerprint density at radius 2 is 1.95 bits per heavy atom. The lowest BCUT2D eigenvalue weighted by Gasteiger charge is -2.09. The number of ether oxygens (including phenoxy) is 1. The van der Waals surface area contributed by atoms with E-state index in [0.717, 1.165) is 12.1 Å². The summed E-state index contributed by atoms with van der Waals surface area (Å²) in [5.74, 6) is -0.299. The second-order valence-electron chi connectivity index (χ2n) is 4.45. The molecule has 0 spiro atoms. The molecular weight excluding hydrogens is 260 g/mol. The molecule has 0 aliphatic heterocycles. The SMILES string of the molecule is CCNCc1ccc(F)c(COc2cccc(F)c2)c1. The normalized spacial score (nSPS) is 10.6. The van der Waals surface area contributed by atoms with Gasteiger partial charge < -0.3 is 10.1 Å². The summed E-state index contributed by atoms with van der Waals surface area (Å²) in [6.07, 6.45) is 0. The molecule has 1 N–H and O–H groups in total. The van der Waals surface area contributed by atoms with Crippen molar-refractivity contribution < 1.29 is 13.5 Å². The molecule has 0 aliphatic rings. The Hall–Kier alpha value is -1.94. The van der Waals surface area contributed by atoms with Crippen LogP contribution in [0.3, 0.4) is 0 Å². The van der Waals surface area contributed by atoms with Crippen molar-refractivity contribution in [2.75, 3.05) is 6.54 Å². The predicted octanol–water partition coefficient (Wildman–Crippen LogP) is 3.65. The van der Waals surface area contributed by atoms with Gasteiger partial charge >= 0.3 is 0 Å². The van der Waals surface area contributed by atoms with Crippen molar-refractivity contribution in [2.24, 2.45) is 0 Å². The lowest BCUT2D eigenvalue weighted by Crippen LogP contribution is -2.12. The van der Waals surface area contributed by atoms with E-state index in [1.807, 2.05) is 6.92 Å². The maximum absolute atomic E-state index is 13.7. The van der Waals surface area contributed by atoms with Crippen LogP contribution in [-0.2, 0) is 13.2 Å². The number of hydrogen-bond donors (Lipinski definition) is 1. The van der Waals surface area contributed by atoms with Crippen molar-refractivity contribution >= 4 is 0 Å². The topological polar surface area (TPSA) is 21.3 Å². The van der Waals surface area contributed by atoms with E-state index in [4.69, 9.17) is 4.74 Å². The molecule has 0 aliphatic carbocycles. The van der Waals surface area contributed by atoms with E-state index in [1.165, 1.54) is 18.2 Å². The largest absolute Gasteiger partial charge is 0.489 e. The first-order valence-corrected chi connectivity index (χ1v) is 6.55. The van der Waals surface area contributed by atoms with Crippen molar-refractivity contribution in [3.63, 3.8) is 0 Å². The third-order valence-corrected chi connectivity index (χ3v) is 2.88. The van der Waals surface area contributed by atoms with E-state index in [0.29, 0.717) is 17.9 Å². The Kier molecular flexibility index (Phi) is 5.07. The quantitative estimate of drug-likeness (QED) is 0.870. The molecule has 4 heteroatoms. The van der Waals surface area contributed by atoms with Crippen LogP contribution in [0.4, 0.5) is 8.78 Å². The van der Waals surface area contributed by atoms with Crippen LogP contribution in [-0.4, -0.2) is 6.54 Å². The summed E-state index contributed by atoms with van der Waals surface area (Å²) >= 11 is 0. The Morgan fingerprint density at radius 3 is 2.70 bits per heavy atom. The smallest absolute Gasteiger partial charge is 0.129 e. The van der Waals surface area contributed by atoms with E-state index in [2.05, 4.69) is 5.32 Å². The average molecular weight is 277 g/mol. The van der Waals surface area contributed by atoms with Crippen molar-refractivity contribution in [1.82, 2.24) is 5.32 Å². The molecule has 0 heterocycles. The van der Waals surface area contributed by atoms with Crippen LogP contribution >= 0.6 is 0 Å². The second kappa shape index (κ2) is 7.01. The Labute approximate surface area is 117 Å². The Balaban J connectivity index is 2.04. The summed E-state index contributed by atoms with van der Waals surface area (Å²) in [5.41, 5.74) is 1.45. The number of halogens is 2. The summed E-state index contributed by atoms with van der Waals surface area (Å²) < 4.78 is 32.1. The Morgan fingerprint density at radius 1 is 1.10 bits per heavy atom. The minimum absolute atomic E-state index is 0.0786. The molecule has 0 amide bonds. The number of benzene rings is 2. The second-order valence-corrected chi connectivity index (χ2v) is 4.45. The van der Waals surface area contributed by atoms with E-state index in [1.54, 1.807) is 24.3 Å². The molecule has 0 aromatic heterocycles. The minimum atomic E-state index is -0.371. The van der Waals surface area contributed by atoms with Crippen molar-refractivity contribution in [1.29, 1.82) is 0 Å². The monoisotopic (exact) mass is 277 g/mol. The van der Waals surface area contributed by atoms with Crippen molar-refractivity contribution in [3.8, 4) is 5.75 Å². The molecule has 0 fully saturated rings. The molecule has 0 unspecified atom stereocenters. The van der Waals surface area contributed by atoms with Gasteiger partial charge in [-0.2, -0.15) is 0 Å². The van der Waals surface area contributed by atoms with Crippen LogP contribution in [0, 0.1) is 11.6 Å². The molecule has 2 rings (SSSR count). The van der Waals surface area contributed by atoms with Gasteiger partial charge in [-0.1, -0.05) is 19.1 Å². The zero-order chi connectivity index (χ0) is 14.4. The van der Waals surface area contributed by atoms with Gasteiger partial charge in [-0.25, -0.2) is 8.78 Å². The van der Waals surface area contributed by atoms with Crippen LogP contribution in [0.25, 0.3) is 0 Å². The molecule has 0 atom stereocenters. The highest BCUT2D eigenvalue weighted by atomic mass is 19.1. The molecule has 0 saturated carbocycles. The molecule has 0 saturated heterocycles. The highest BCUT2D eigenvalue weighted by Gasteiger charge is 2.05.